The first-order valence-electron chi connectivity index (χ1n) is 37.3. The second kappa shape index (κ2) is 43.2. The molecule has 11 amide bonds. The smallest absolute Gasteiger partial charge is 0.391 e. The van der Waals surface area contributed by atoms with E-state index in [4.69, 9.17) is 21.1 Å². The predicted molar refractivity (Wildman–Crippen MR) is 400 cm³/mol. The van der Waals surface area contributed by atoms with Crippen LogP contribution in [0.25, 0.3) is 0 Å². The third kappa shape index (κ3) is 28.7. The van der Waals surface area contributed by atoms with Gasteiger partial charge in [-0.3, -0.25) is 57.6 Å². The summed E-state index contributed by atoms with van der Waals surface area (Å²) in [5, 5.41) is 45.0. The predicted octanol–water partition coefficient (Wildman–Crippen LogP) is 3.77. The molecule has 2 heterocycles. The van der Waals surface area contributed by atoms with Gasteiger partial charge >= 0.3 is 6.18 Å². The fourth-order valence-corrected chi connectivity index (χ4v) is 13.0. The van der Waals surface area contributed by atoms with Crippen molar-refractivity contribution < 1.29 is 90.7 Å². The van der Waals surface area contributed by atoms with E-state index >= 15 is 38.4 Å². The summed E-state index contributed by atoms with van der Waals surface area (Å²) in [4.78, 5) is 175. The van der Waals surface area contributed by atoms with E-state index in [1.807, 2.05) is 20.8 Å². The number of carbonyl (C=O) groups is 11. The number of ether oxygens (including phenoxy) is 2. The van der Waals surface area contributed by atoms with Gasteiger partial charge in [0.25, 0.3) is 0 Å². The van der Waals surface area contributed by atoms with Gasteiger partial charge in [0.1, 0.15) is 54.6 Å². The molecule has 0 radical (unpaired) electrons. The molecule has 2 aromatic rings. The molecule has 2 saturated heterocycles. The highest BCUT2D eigenvalue weighted by Gasteiger charge is 2.45. The maximum atomic E-state index is 15.5. The number of hydrogen-bond acceptors (Lipinski definition) is 17. The third-order valence-electron chi connectivity index (χ3n) is 19.3. The third-order valence-corrected chi connectivity index (χ3v) is 19.5. The van der Waals surface area contributed by atoms with Crippen molar-refractivity contribution in [1.29, 1.82) is 0 Å². The van der Waals surface area contributed by atoms with E-state index in [0.29, 0.717) is 36.8 Å². The van der Waals surface area contributed by atoms with Crippen LogP contribution in [-0.4, -0.2) is 299 Å². The lowest BCUT2D eigenvalue weighted by Crippen LogP contribution is -2.63. The normalized spacial score (nSPS) is 24.8. The largest absolute Gasteiger partial charge is 0.416 e. The van der Waals surface area contributed by atoms with Gasteiger partial charge in [-0.05, 0) is 114 Å². The number of aliphatic hydroxyl groups is 3. The first kappa shape index (κ1) is 92.8. The molecule has 12 atom stereocenters. The number of nitrogens with zero attached hydrogens (tertiary/aromatic N) is 8. The average molecular weight is 1550 g/mol. The van der Waals surface area contributed by atoms with E-state index in [0.717, 1.165) is 33.1 Å². The van der Waals surface area contributed by atoms with Crippen LogP contribution in [0.15, 0.2) is 54.6 Å². The summed E-state index contributed by atoms with van der Waals surface area (Å²) >= 11 is 6.41. The topological polar surface area (TPSA) is 341 Å². The molecule has 0 saturated carbocycles. The Balaban J connectivity index is 2.04. The minimum atomic E-state index is -5.19. The highest BCUT2D eigenvalue weighted by atomic mass is 35.5. The van der Waals surface area contributed by atoms with E-state index in [9.17, 15) is 42.9 Å². The number of likely N-dealkylation sites (N-methyl/N-ethyl adjacent to an activating group) is 6. The zero-order valence-corrected chi connectivity index (χ0v) is 66.8. The molecule has 32 heteroatoms. The second-order valence-corrected chi connectivity index (χ2v) is 31.3. The summed E-state index contributed by atoms with van der Waals surface area (Å²) in [5.74, 6) is -10.5. The van der Waals surface area contributed by atoms with Crippen molar-refractivity contribution in [2.45, 2.75) is 231 Å². The molecule has 2 aromatic carbocycles. The average Bonchev–Trinajstić information content (AvgIpc) is 0.815. The SMILES string of the molecule is CCCCN1CC(=O)N(C)[C@@H](Cc2ccccc2)C(=O)N(C)[C@@H](CC(C)C)C(=O)N[C@@H](COC(C)(C)C)C(=O)N(C)[C@@H](CC(C)C)C(=O)N[C@H](C(=O)N2CCCCC2)CC(=O)N(C)CC(=O)N(C)[C@@H](Cc2cccc(Cl)c2)C(=O)NC(COCC(O)C(F)(F)F)C(=O)N(C)[C@@H](CC(C)C)C(=O)N[C@@H]([C@@H](C)O)C1O. The summed E-state index contributed by atoms with van der Waals surface area (Å²) in [5.41, 5.74) is 0.0754. The lowest BCUT2D eigenvalue weighted by Gasteiger charge is -2.39. The Morgan fingerprint density at radius 2 is 1.06 bits per heavy atom. The Morgan fingerprint density at radius 1 is 0.583 bits per heavy atom. The summed E-state index contributed by atoms with van der Waals surface area (Å²) < 4.78 is 52.8. The molecule has 0 spiro atoms. The van der Waals surface area contributed by atoms with Crippen LogP contribution in [0.4, 0.5) is 13.2 Å². The number of aliphatic hydroxyl groups excluding tert-OH is 3. The van der Waals surface area contributed by atoms with E-state index in [1.54, 1.807) is 90.9 Å². The lowest BCUT2D eigenvalue weighted by molar-refractivity contribution is -0.217. The van der Waals surface area contributed by atoms with Crippen LogP contribution in [0.1, 0.15) is 145 Å². The number of piperidine rings is 1. The first-order chi connectivity index (χ1) is 50.4. The number of hydrogen-bond donors (Lipinski definition) is 7. The van der Waals surface area contributed by atoms with E-state index in [-0.39, 0.29) is 68.6 Å². The van der Waals surface area contributed by atoms with Crippen molar-refractivity contribution in [2.24, 2.45) is 17.8 Å². The number of benzene rings is 2. The Kier molecular flexibility index (Phi) is 37.1. The van der Waals surface area contributed by atoms with Crippen molar-refractivity contribution >= 4 is 76.6 Å². The standard InChI is InChI=1S/C76H120ClF3N12O16/c1-18-19-31-92-42-64(97)87(14)60(38-50-27-22-20-23-28-50)73(105)90(17)57(35-47(4)5)67(99)83-55(44-108-75(9,10)11)71(103)88(15)56(34-46(2)3)66(98)81-53(72(104)91-32-24-21-25-33-91)40-62(95)85(12)41-63(96)86(13)59(39-51-29-26-30-52(77)37-51)68(100)82-54(43-107-45-61(94)76(78,79)80)70(102)89(16)58(36-48(6)7)69(101)84-65(49(8)93)74(92)106/h20,22-23,26-30,37,46-49,53-61,65,74,93-94,106H,18-19,21,24-25,31-36,38-45H2,1-17H3,(H,81,98)(H,82,100)(H,83,99)(H,84,101)/t49-,53+,54?,55+,56+,57+,58+,59+,60+,61?,65+,74?/m1/s1. The summed E-state index contributed by atoms with van der Waals surface area (Å²) in [6.07, 6.45) is -10.1. The summed E-state index contributed by atoms with van der Waals surface area (Å²) in [7, 11) is 7.76. The van der Waals surface area contributed by atoms with Gasteiger partial charge < -0.3 is 80.4 Å². The fraction of sp³-hybridized carbons (Fsp3) is 0.697. The van der Waals surface area contributed by atoms with Gasteiger partial charge in [-0.1, -0.05) is 109 Å². The zero-order chi connectivity index (χ0) is 81.4. The van der Waals surface area contributed by atoms with Crippen LogP contribution in [0.5, 0.6) is 0 Å². The number of unbranched alkanes of at least 4 members (excludes halogenated alkanes) is 1. The monoisotopic (exact) mass is 1550 g/mol. The summed E-state index contributed by atoms with van der Waals surface area (Å²) in [6.45, 7) is 15.2. The Hall–Kier alpha value is -7.55. The maximum Gasteiger partial charge on any atom is 0.416 e. The highest BCUT2D eigenvalue weighted by Crippen LogP contribution is 2.25. The number of halogens is 4. The summed E-state index contributed by atoms with van der Waals surface area (Å²) in [6, 6.07) is 0.910. The van der Waals surface area contributed by atoms with Crippen molar-refractivity contribution in [3.05, 3.63) is 70.7 Å². The van der Waals surface area contributed by atoms with Crippen molar-refractivity contribution in [3.8, 4) is 0 Å². The van der Waals surface area contributed by atoms with Crippen molar-refractivity contribution in [2.75, 3.05) is 94.8 Å². The van der Waals surface area contributed by atoms with E-state index < -0.39 is 195 Å². The van der Waals surface area contributed by atoms with Gasteiger partial charge in [0, 0.05) is 79.8 Å². The van der Waals surface area contributed by atoms with E-state index in [2.05, 4.69) is 21.3 Å². The number of nitrogens with one attached hydrogen (secondary N) is 4. The van der Waals surface area contributed by atoms with Crippen LogP contribution in [0, 0.1) is 17.8 Å². The van der Waals surface area contributed by atoms with Crippen LogP contribution in [0.3, 0.4) is 0 Å². The molecule has 0 aromatic heterocycles. The number of rotatable bonds is 21. The molecular weight excluding hydrogens is 1430 g/mol. The lowest BCUT2D eigenvalue weighted by atomic mass is 9.98. The van der Waals surface area contributed by atoms with Gasteiger partial charge in [0.05, 0.1) is 57.1 Å². The van der Waals surface area contributed by atoms with Gasteiger partial charge in [-0.2, -0.15) is 13.2 Å². The number of alkyl halides is 3. The Morgan fingerprint density at radius 3 is 1.56 bits per heavy atom. The van der Waals surface area contributed by atoms with Gasteiger partial charge in [0.15, 0.2) is 6.10 Å². The highest BCUT2D eigenvalue weighted by molar-refractivity contribution is 6.30. The molecule has 7 N–H and O–H groups in total. The molecule has 28 nitrogen and oxygen atoms in total. The Labute approximate surface area is 639 Å². The molecule has 2 aliphatic rings. The molecule has 108 heavy (non-hydrogen) atoms. The number of likely N-dealkylation sites (tertiary alicyclic amines) is 1. The molecule has 3 unspecified atom stereocenters. The van der Waals surface area contributed by atoms with Gasteiger partial charge in [-0.15, -0.1) is 0 Å². The molecule has 2 aliphatic heterocycles. The van der Waals surface area contributed by atoms with E-state index in [1.165, 1.54) is 73.9 Å². The fourth-order valence-electron chi connectivity index (χ4n) is 12.7. The molecular formula is C76H120ClF3N12O16. The minimum absolute atomic E-state index is 0.00808. The molecule has 0 bridgehead atoms. The van der Waals surface area contributed by atoms with Crippen LogP contribution in [-0.2, 0) is 75.1 Å². The van der Waals surface area contributed by atoms with Crippen LogP contribution in [0.2, 0.25) is 5.02 Å². The van der Waals surface area contributed by atoms with Gasteiger partial charge in [-0.25, -0.2) is 0 Å². The first-order valence-corrected chi connectivity index (χ1v) is 37.7. The van der Waals surface area contributed by atoms with Crippen molar-refractivity contribution in [3.63, 3.8) is 0 Å². The van der Waals surface area contributed by atoms with Crippen LogP contribution >= 0.6 is 11.6 Å². The number of amides is 11. The quantitative estimate of drug-likeness (QED) is 0.0935. The Bertz CT molecular complexity index is 3310. The minimum Gasteiger partial charge on any atom is -0.391 e. The van der Waals surface area contributed by atoms with Crippen molar-refractivity contribution in [1.82, 2.24) is 60.5 Å². The maximum absolute atomic E-state index is 15.5. The van der Waals surface area contributed by atoms with Crippen LogP contribution < -0.4 is 21.3 Å². The molecule has 608 valence electrons. The second-order valence-electron chi connectivity index (χ2n) is 30.9. The molecule has 2 fully saturated rings. The zero-order valence-electron chi connectivity index (χ0n) is 66.0. The van der Waals surface area contributed by atoms with Gasteiger partial charge in [0.2, 0.25) is 65.0 Å². The molecule has 4 rings (SSSR count). The number of carbonyl (C=O) groups excluding carboxylic acids is 11. The molecule has 0 aliphatic carbocycles.